The maximum absolute atomic E-state index is 13.0. The second-order valence-corrected chi connectivity index (χ2v) is 14.2. The van der Waals surface area contributed by atoms with E-state index in [0.29, 0.717) is 31.3 Å². The van der Waals surface area contributed by atoms with Crippen LogP contribution in [0.2, 0.25) is 25.7 Å². The summed E-state index contributed by atoms with van der Waals surface area (Å²) in [6, 6.07) is 6.77. The Balaban J connectivity index is 1.64. The molecule has 1 amide bonds. The molecule has 3 rings (SSSR count). The van der Waals surface area contributed by atoms with Crippen LogP contribution >= 0.6 is 0 Å². The van der Waals surface area contributed by atoms with E-state index in [9.17, 15) is 4.79 Å². The predicted molar refractivity (Wildman–Crippen MR) is 114 cm³/mol. The topological polar surface area (TPSA) is 65.8 Å². The summed E-state index contributed by atoms with van der Waals surface area (Å²) < 4.78 is 18.2. The number of ether oxygens (including phenoxy) is 3. The number of carbonyl (C=O) groups excluding carboxylic acids is 1. The van der Waals surface area contributed by atoms with Gasteiger partial charge >= 0.3 is 0 Å². The minimum Gasteiger partial charge on any atom is -0.497 e. The number of methoxy groups -OCH3 is 2. The Morgan fingerprint density at radius 3 is 2.66 bits per heavy atom. The lowest BCUT2D eigenvalue weighted by Crippen LogP contribution is -2.37. The Morgan fingerprint density at radius 1 is 1.17 bits per heavy atom. The SMILES string of the molecule is COc1ccc(CN2CCc3cn(COCC[Si](C)(C)C)nc3C2=O)c(OC)c1. The molecular formula is C21H31N3O4Si. The van der Waals surface area contributed by atoms with Crippen LogP contribution < -0.4 is 9.47 Å². The van der Waals surface area contributed by atoms with Gasteiger partial charge in [-0.3, -0.25) is 4.79 Å². The fourth-order valence-corrected chi connectivity index (χ4v) is 4.03. The Hall–Kier alpha value is -2.32. The number of amides is 1. The summed E-state index contributed by atoms with van der Waals surface area (Å²) in [5.74, 6) is 1.39. The summed E-state index contributed by atoms with van der Waals surface area (Å²) in [6.45, 7) is 9.24. The van der Waals surface area contributed by atoms with E-state index in [-0.39, 0.29) is 5.91 Å². The molecule has 158 valence electrons. The van der Waals surface area contributed by atoms with E-state index in [1.807, 2.05) is 29.3 Å². The molecule has 29 heavy (non-hydrogen) atoms. The Kier molecular flexibility index (Phi) is 6.64. The van der Waals surface area contributed by atoms with Gasteiger partial charge in [-0.25, -0.2) is 4.68 Å². The van der Waals surface area contributed by atoms with Gasteiger partial charge in [0.15, 0.2) is 5.69 Å². The van der Waals surface area contributed by atoms with E-state index >= 15 is 0 Å². The van der Waals surface area contributed by atoms with Gasteiger partial charge in [-0.15, -0.1) is 0 Å². The molecule has 0 spiro atoms. The van der Waals surface area contributed by atoms with Crippen LogP contribution in [0.25, 0.3) is 0 Å². The van der Waals surface area contributed by atoms with Crippen molar-refractivity contribution in [2.45, 2.75) is 45.4 Å². The van der Waals surface area contributed by atoms with Gasteiger partial charge in [-0.1, -0.05) is 19.6 Å². The van der Waals surface area contributed by atoms with Crippen molar-refractivity contribution in [3.05, 3.63) is 41.2 Å². The van der Waals surface area contributed by atoms with E-state index in [0.717, 1.165) is 35.9 Å². The van der Waals surface area contributed by atoms with Crippen LogP contribution in [-0.4, -0.2) is 56.0 Å². The highest BCUT2D eigenvalue weighted by atomic mass is 28.3. The Morgan fingerprint density at radius 2 is 1.97 bits per heavy atom. The molecule has 1 aromatic heterocycles. The molecule has 1 aromatic carbocycles. The van der Waals surface area contributed by atoms with Crippen LogP contribution in [0, 0.1) is 0 Å². The van der Waals surface area contributed by atoms with Gasteiger partial charge in [0.1, 0.15) is 18.2 Å². The second kappa shape index (κ2) is 9.00. The minimum absolute atomic E-state index is 0.0510. The molecule has 0 aliphatic carbocycles. The summed E-state index contributed by atoms with van der Waals surface area (Å²) in [7, 11) is 2.13. The van der Waals surface area contributed by atoms with Crippen molar-refractivity contribution in [1.82, 2.24) is 14.7 Å². The Labute approximate surface area is 173 Å². The number of hydrogen-bond acceptors (Lipinski definition) is 5. The van der Waals surface area contributed by atoms with Crippen molar-refractivity contribution in [3.8, 4) is 11.5 Å². The highest BCUT2D eigenvalue weighted by Crippen LogP contribution is 2.27. The summed E-state index contributed by atoms with van der Waals surface area (Å²) in [4.78, 5) is 14.8. The molecule has 8 heteroatoms. The number of hydrogen-bond donors (Lipinski definition) is 0. The fraction of sp³-hybridized carbons (Fsp3) is 0.524. The number of aromatic nitrogens is 2. The molecule has 2 heterocycles. The second-order valence-electron chi connectivity index (χ2n) is 8.54. The van der Waals surface area contributed by atoms with Crippen LogP contribution in [0.4, 0.5) is 0 Å². The third kappa shape index (κ3) is 5.39. The van der Waals surface area contributed by atoms with Gasteiger partial charge < -0.3 is 19.1 Å². The molecule has 0 unspecified atom stereocenters. The monoisotopic (exact) mass is 417 g/mol. The number of benzene rings is 1. The first-order valence-electron chi connectivity index (χ1n) is 9.95. The first-order valence-corrected chi connectivity index (χ1v) is 13.7. The lowest BCUT2D eigenvalue weighted by Gasteiger charge is -2.26. The molecule has 0 bridgehead atoms. The van der Waals surface area contributed by atoms with E-state index in [4.69, 9.17) is 14.2 Å². The first kappa shape index (κ1) is 21.4. The molecule has 7 nitrogen and oxygen atoms in total. The highest BCUT2D eigenvalue weighted by Gasteiger charge is 2.28. The number of nitrogens with zero attached hydrogens (tertiary/aromatic N) is 3. The summed E-state index contributed by atoms with van der Waals surface area (Å²) in [6.07, 6.45) is 2.72. The summed E-state index contributed by atoms with van der Waals surface area (Å²) in [5.41, 5.74) is 2.46. The van der Waals surface area contributed by atoms with Gasteiger partial charge in [0.2, 0.25) is 0 Å². The average molecular weight is 418 g/mol. The normalized spacial score (nSPS) is 14.1. The fourth-order valence-electron chi connectivity index (χ4n) is 3.27. The zero-order valence-electron chi connectivity index (χ0n) is 18.0. The van der Waals surface area contributed by atoms with Crippen molar-refractivity contribution < 1.29 is 19.0 Å². The molecule has 2 aromatic rings. The van der Waals surface area contributed by atoms with Crippen molar-refractivity contribution in [3.63, 3.8) is 0 Å². The predicted octanol–water partition coefficient (Wildman–Crippen LogP) is 3.41. The number of rotatable bonds is 9. The van der Waals surface area contributed by atoms with Crippen molar-refractivity contribution >= 4 is 14.0 Å². The van der Waals surface area contributed by atoms with Crippen LogP contribution in [0.1, 0.15) is 21.6 Å². The quantitative estimate of drug-likeness (QED) is 0.462. The van der Waals surface area contributed by atoms with Crippen LogP contribution in [0.3, 0.4) is 0 Å². The zero-order chi connectivity index (χ0) is 21.0. The van der Waals surface area contributed by atoms with Crippen LogP contribution in [-0.2, 0) is 24.4 Å². The number of carbonyl (C=O) groups is 1. The smallest absolute Gasteiger partial charge is 0.274 e. The third-order valence-electron chi connectivity index (χ3n) is 5.05. The van der Waals surface area contributed by atoms with Gasteiger partial charge in [0.05, 0.1) is 14.2 Å². The van der Waals surface area contributed by atoms with E-state index in [1.54, 1.807) is 18.9 Å². The standard InChI is InChI=1S/C21H31N3O4Si/c1-26-18-7-6-16(19(12-18)27-2)13-23-9-8-17-14-24(22-20(17)21(23)25)15-28-10-11-29(3,4)5/h6-7,12,14H,8-11,13,15H2,1-5H3. The molecule has 0 N–H and O–H groups in total. The lowest BCUT2D eigenvalue weighted by molar-refractivity contribution is 0.0701. The average Bonchev–Trinajstić information content (AvgIpc) is 3.11. The molecular weight excluding hydrogens is 386 g/mol. The van der Waals surface area contributed by atoms with E-state index in [2.05, 4.69) is 24.7 Å². The van der Waals surface area contributed by atoms with Gasteiger partial charge in [0, 0.05) is 51.2 Å². The third-order valence-corrected chi connectivity index (χ3v) is 6.76. The van der Waals surface area contributed by atoms with Crippen molar-refractivity contribution in [2.24, 2.45) is 0 Å². The molecule has 0 atom stereocenters. The first-order chi connectivity index (χ1) is 13.8. The zero-order valence-corrected chi connectivity index (χ0v) is 19.0. The molecule has 0 radical (unpaired) electrons. The van der Waals surface area contributed by atoms with Gasteiger partial charge in [-0.05, 0) is 24.6 Å². The van der Waals surface area contributed by atoms with Crippen LogP contribution in [0.5, 0.6) is 11.5 Å². The largest absolute Gasteiger partial charge is 0.497 e. The highest BCUT2D eigenvalue weighted by molar-refractivity contribution is 6.76. The van der Waals surface area contributed by atoms with Crippen molar-refractivity contribution in [2.75, 3.05) is 27.4 Å². The molecule has 0 fully saturated rings. The maximum atomic E-state index is 13.0. The van der Waals surface area contributed by atoms with Gasteiger partial charge in [0.25, 0.3) is 5.91 Å². The van der Waals surface area contributed by atoms with Gasteiger partial charge in [-0.2, -0.15) is 5.10 Å². The van der Waals surface area contributed by atoms with Crippen LogP contribution in [0.15, 0.2) is 24.4 Å². The molecule has 1 aliphatic heterocycles. The number of fused-ring (bicyclic) bond motifs is 1. The van der Waals surface area contributed by atoms with E-state index < -0.39 is 8.07 Å². The lowest BCUT2D eigenvalue weighted by atomic mass is 10.1. The Bertz CT molecular complexity index is 860. The van der Waals surface area contributed by atoms with E-state index in [1.165, 1.54) is 0 Å². The molecule has 0 saturated carbocycles. The maximum Gasteiger partial charge on any atom is 0.274 e. The minimum atomic E-state index is -1.11. The molecule has 1 aliphatic rings. The van der Waals surface area contributed by atoms with Crippen molar-refractivity contribution in [1.29, 1.82) is 0 Å². The molecule has 0 saturated heterocycles. The summed E-state index contributed by atoms with van der Waals surface area (Å²) in [5, 5.41) is 4.49. The summed E-state index contributed by atoms with van der Waals surface area (Å²) >= 11 is 0.